The summed E-state index contributed by atoms with van der Waals surface area (Å²) in [5, 5.41) is 13.2. The van der Waals surface area contributed by atoms with Gasteiger partial charge in [0.25, 0.3) is 5.91 Å². The molecule has 2 heterocycles. The molecule has 0 atom stereocenters. The standard InChI is InChI=1S/C14H12N2O3S/c17-6-1-2-10-4-7-20-13(10)9-16-14(19)11-8-15-5-3-12(11)18/h3-5,7-8,17H,6,9H2,(H,15,18)(H,16,19). The van der Waals surface area contributed by atoms with Gasteiger partial charge in [-0.2, -0.15) is 0 Å². The van der Waals surface area contributed by atoms with E-state index in [2.05, 4.69) is 22.1 Å². The van der Waals surface area contributed by atoms with Crippen LogP contribution >= 0.6 is 11.3 Å². The fourth-order valence-electron chi connectivity index (χ4n) is 1.57. The van der Waals surface area contributed by atoms with Gasteiger partial charge >= 0.3 is 0 Å². The monoisotopic (exact) mass is 288 g/mol. The van der Waals surface area contributed by atoms with Crippen LogP contribution in [-0.2, 0) is 6.54 Å². The van der Waals surface area contributed by atoms with Crippen molar-refractivity contribution in [3.8, 4) is 11.8 Å². The van der Waals surface area contributed by atoms with E-state index in [4.69, 9.17) is 5.11 Å². The van der Waals surface area contributed by atoms with Gasteiger partial charge in [-0.25, -0.2) is 0 Å². The molecule has 6 heteroatoms. The number of rotatable bonds is 3. The van der Waals surface area contributed by atoms with E-state index in [0.29, 0.717) is 6.54 Å². The highest BCUT2D eigenvalue weighted by Crippen LogP contribution is 2.15. The second kappa shape index (κ2) is 6.70. The number of aromatic nitrogens is 1. The van der Waals surface area contributed by atoms with Crippen molar-refractivity contribution in [2.75, 3.05) is 6.61 Å². The molecule has 3 N–H and O–H groups in total. The minimum absolute atomic E-state index is 0.0760. The number of pyridine rings is 1. The predicted octanol–water partition coefficient (Wildman–Crippen LogP) is 0.710. The molecule has 5 nitrogen and oxygen atoms in total. The summed E-state index contributed by atoms with van der Waals surface area (Å²) in [5.41, 5.74) is 0.520. The normalized spacial score (nSPS) is 9.65. The number of carbonyl (C=O) groups is 1. The number of hydrogen-bond donors (Lipinski definition) is 3. The zero-order valence-electron chi connectivity index (χ0n) is 10.5. The van der Waals surface area contributed by atoms with Crippen molar-refractivity contribution in [2.24, 2.45) is 0 Å². The van der Waals surface area contributed by atoms with E-state index in [0.717, 1.165) is 10.4 Å². The van der Waals surface area contributed by atoms with Crippen molar-refractivity contribution in [3.63, 3.8) is 0 Å². The summed E-state index contributed by atoms with van der Waals surface area (Å²) >= 11 is 1.46. The molecule has 0 aliphatic heterocycles. The van der Waals surface area contributed by atoms with Crippen LogP contribution in [0.3, 0.4) is 0 Å². The first-order valence-electron chi connectivity index (χ1n) is 5.84. The molecule has 2 rings (SSSR count). The van der Waals surface area contributed by atoms with Gasteiger partial charge in [-0.3, -0.25) is 9.59 Å². The van der Waals surface area contributed by atoms with Gasteiger partial charge in [-0.15, -0.1) is 11.3 Å². The number of amides is 1. The molecule has 0 saturated carbocycles. The van der Waals surface area contributed by atoms with Crippen molar-refractivity contribution >= 4 is 17.2 Å². The van der Waals surface area contributed by atoms with Crippen molar-refractivity contribution in [3.05, 3.63) is 56.1 Å². The molecule has 2 aromatic heterocycles. The number of aliphatic hydroxyl groups excluding tert-OH is 1. The van der Waals surface area contributed by atoms with E-state index < -0.39 is 5.91 Å². The Balaban J connectivity index is 2.06. The van der Waals surface area contributed by atoms with Gasteiger partial charge in [-0.1, -0.05) is 11.8 Å². The second-order valence-electron chi connectivity index (χ2n) is 3.82. The van der Waals surface area contributed by atoms with Gasteiger partial charge in [0.1, 0.15) is 12.2 Å². The highest BCUT2D eigenvalue weighted by Gasteiger charge is 2.10. The first-order valence-corrected chi connectivity index (χ1v) is 6.71. The Morgan fingerprint density at radius 3 is 3.05 bits per heavy atom. The Hall–Kier alpha value is -2.36. The van der Waals surface area contributed by atoms with Gasteiger partial charge in [0.05, 0.1) is 6.54 Å². The largest absolute Gasteiger partial charge is 0.384 e. The molecule has 0 radical (unpaired) electrons. The highest BCUT2D eigenvalue weighted by molar-refractivity contribution is 7.10. The van der Waals surface area contributed by atoms with Gasteiger partial charge in [0.15, 0.2) is 5.43 Å². The highest BCUT2D eigenvalue weighted by atomic mass is 32.1. The smallest absolute Gasteiger partial charge is 0.257 e. The van der Waals surface area contributed by atoms with Crippen LogP contribution in [0.4, 0.5) is 0 Å². The van der Waals surface area contributed by atoms with E-state index in [-0.39, 0.29) is 17.6 Å². The van der Waals surface area contributed by atoms with Gasteiger partial charge in [0.2, 0.25) is 0 Å². The van der Waals surface area contributed by atoms with Gasteiger partial charge in [0, 0.05) is 28.9 Å². The topological polar surface area (TPSA) is 82.2 Å². The molecule has 0 fully saturated rings. The average Bonchev–Trinajstić information content (AvgIpc) is 2.90. The minimum Gasteiger partial charge on any atom is -0.384 e. The van der Waals surface area contributed by atoms with Gasteiger partial charge < -0.3 is 15.4 Å². The molecule has 0 saturated heterocycles. The number of carbonyl (C=O) groups excluding carboxylic acids is 1. The number of nitrogens with one attached hydrogen (secondary N) is 2. The summed E-state index contributed by atoms with van der Waals surface area (Å²) < 4.78 is 0. The van der Waals surface area contributed by atoms with E-state index in [1.165, 1.54) is 29.8 Å². The van der Waals surface area contributed by atoms with E-state index in [9.17, 15) is 9.59 Å². The van der Waals surface area contributed by atoms with Crippen LogP contribution in [0.25, 0.3) is 0 Å². The molecule has 20 heavy (non-hydrogen) atoms. The van der Waals surface area contributed by atoms with Crippen LogP contribution in [0.5, 0.6) is 0 Å². The Labute approximate surface area is 119 Å². The second-order valence-corrected chi connectivity index (χ2v) is 4.82. The Kier molecular flexibility index (Phi) is 4.71. The SMILES string of the molecule is O=C(NCc1sccc1C#CCO)c1c[nH]ccc1=O. The maximum Gasteiger partial charge on any atom is 0.257 e. The van der Waals surface area contributed by atoms with E-state index in [1.807, 2.05) is 11.4 Å². The van der Waals surface area contributed by atoms with Crippen molar-refractivity contribution in [1.29, 1.82) is 0 Å². The van der Waals surface area contributed by atoms with Crippen LogP contribution in [0.2, 0.25) is 0 Å². The molecular formula is C14H12N2O3S. The number of H-pyrrole nitrogens is 1. The summed E-state index contributed by atoms with van der Waals surface area (Å²) in [5.74, 6) is 4.94. The number of aliphatic hydroxyl groups is 1. The summed E-state index contributed by atoms with van der Waals surface area (Å²) in [4.78, 5) is 27.0. The molecule has 102 valence electrons. The lowest BCUT2D eigenvalue weighted by Gasteiger charge is -2.03. The third-order valence-corrected chi connectivity index (χ3v) is 3.45. The molecular weight excluding hydrogens is 276 g/mol. The summed E-state index contributed by atoms with van der Waals surface area (Å²) in [6.07, 6.45) is 2.85. The van der Waals surface area contributed by atoms with Crippen molar-refractivity contribution in [1.82, 2.24) is 10.3 Å². The molecule has 1 amide bonds. The lowest BCUT2D eigenvalue weighted by molar-refractivity contribution is 0.0950. The third-order valence-electron chi connectivity index (χ3n) is 2.53. The van der Waals surface area contributed by atoms with Gasteiger partial charge in [-0.05, 0) is 11.4 Å². The Morgan fingerprint density at radius 2 is 2.30 bits per heavy atom. The summed E-state index contributed by atoms with van der Waals surface area (Å²) in [6.45, 7) is 0.0846. The van der Waals surface area contributed by atoms with E-state index >= 15 is 0 Å². The molecule has 0 aliphatic rings. The molecule has 0 bridgehead atoms. The Morgan fingerprint density at radius 1 is 1.45 bits per heavy atom. The zero-order chi connectivity index (χ0) is 14.4. The number of aromatic amines is 1. The summed E-state index contributed by atoms with van der Waals surface area (Å²) in [7, 11) is 0. The van der Waals surface area contributed by atoms with E-state index in [1.54, 1.807) is 0 Å². The fraction of sp³-hybridized carbons (Fsp3) is 0.143. The summed E-state index contributed by atoms with van der Waals surface area (Å²) in [6, 6.07) is 3.13. The number of thiophene rings is 1. The lowest BCUT2D eigenvalue weighted by Crippen LogP contribution is -2.27. The first-order chi connectivity index (χ1) is 9.72. The molecule has 0 aromatic carbocycles. The predicted molar refractivity (Wildman–Crippen MR) is 76.5 cm³/mol. The Bertz CT molecular complexity index is 722. The fourth-order valence-corrected chi connectivity index (χ4v) is 2.34. The molecule has 0 spiro atoms. The quantitative estimate of drug-likeness (QED) is 0.728. The van der Waals surface area contributed by atoms with Crippen LogP contribution in [0, 0.1) is 11.8 Å². The number of hydrogen-bond acceptors (Lipinski definition) is 4. The van der Waals surface area contributed by atoms with Crippen LogP contribution in [-0.4, -0.2) is 22.6 Å². The van der Waals surface area contributed by atoms with Crippen LogP contribution in [0.15, 0.2) is 34.7 Å². The lowest BCUT2D eigenvalue weighted by atomic mass is 10.2. The minimum atomic E-state index is -0.429. The first kappa shape index (κ1) is 14.1. The average molecular weight is 288 g/mol. The zero-order valence-corrected chi connectivity index (χ0v) is 11.3. The maximum atomic E-state index is 11.9. The molecule has 0 unspecified atom stereocenters. The van der Waals surface area contributed by atoms with Crippen LogP contribution in [0.1, 0.15) is 20.8 Å². The maximum absolute atomic E-state index is 11.9. The molecule has 2 aromatic rings. The van der Waals surface area contributed by atoms with Crippen molar-refractivity contribution < 1.29 is 9.90 Å². The van der Waals surface area contributed by atoms with Crippen molar-refractivity contribution in [2.45, 2.75) is 6.54 Å². The van der Waals surface area contributed by atoms with Crippen LogP contribution < -0.4 is 10.7 Å². The third kappa shape index (κ3) is 3.35. The molecule has 0 aliphatic carbocycles.